The van der Waals surface area contributed by atoms with Gasteiger partial charge in [-0.2, -0.15) is 0 Å². The summed E-state index contributed by atoms with van der Waals surface area (Å²) >= 11 is 5.86. The molecule has 0 amide bonds. The van der Waals surface area contributed by atoms with Gasteiger partial charge in [-0.1, -0.05) is 17.7 Å². The van der Waals surface area contributed by atoms with E-state index < -0.39 is 0 Å². The van der Waals surface area contributed by atoms with Crippen molar-refractivity contribution in [2.75, 3.05) is 5.32 Å². The third kappa shape index (κ3) is 2.37. The fraction of sp³-hybridized carbons (Fsp3) is 0.154. The number of fused-ring (bicyclic) bond motifs is 1. The summed E-state index contributed by atoms with van der Waals surface area (Å²) < 4.78 is 1.96. The second-order valence-corrected chi connectivity index (χ2v) is 4.61. The molecular formula is C13H12ClN5. The number of rotatable bonds is 3. The SMILES string of the molecule is CC(Nc1ccnc(Cl)c1)c1nnc2ccccn12. The zero-order chi connectivity index (χ0) is 13.2. The van der Waals surface area contributed by atoms with Crippen LogP contribution in [-0.4, -0.2) is 19.6 Å². The lowest BCUT2D eigenvalue weighted by molar-refractivity contribution is 0.773. The van der Waals surface area contributed by atoms with Gasteiger partial charge in [0.05, 0.1) is 6.04 Å². The van der Waals surface area contributed by atoms with Crippen LogP contribution in [0.1, 0.15) is 18.8 Å². The van der Waals surface area contributed by atoms with E-state index >= 15 is 0 Å². The van der Waals surface area contributed by atoms with Crippen LogP contribution in [0.15, 0.2) is 42.7 Å². The Morgan fingerprint density at radius 3 is 3.00 bits per heavy atom. The van der Waals surface area contributed by atoms with E-state index in [9.17, 15) is 0 Å². The van der Waals surface area contributed by atoms with E-state index in [-0.39, 0.29) is 6.04 Å². The summed E-state index contributed by atoms with van der Waals surface area (Å²) in [7, 11) is 0. The van der Waals surface area contributed by atoms with Gasteiger partial charge in [-0.3, -0.25) is 4.40 Å². The Kier molecular flexibility index (Phi) is 3.05. The second kappa shape index (κ2) is 4.85. The maximum atomic E-state index is 5.86. The predicted octanol–water partition coefficient (Wildman–Crippen LogP) is 2.95. The van der Waals surface area contributed by atoms with Crippen molar-refractivity contribution in [3.63, 3.8) is 0 Å². The number of pyridine rings is 2. The average Bonchev–Trinajstić information content (AvgIpc) is 2.82. The molecule has 0 saturated carbocycles. The molecule has 3 aromatic heterocycles. The molecule has 19 heavy (non-hydrogen) atoms. The van der Waals surface area contributed by atoms with Crippen LogP contribution >= 0.6 is 11.6 Å². The lowest BCUT2D eigenvalue weighted by Crippen LogP contribution is -2.10. The Morgan fingerprint density at radius 2 is 2.16 bits per heavy atom. The van der Waals surface area contributed by atoms with E-state index in [4.69, 9.17) is 11.6 Å². The van der Waals surface area contributed by atoms with Crippen LogP contribution < -0.4 is 5.32 Å². The maximum Gasteiger partial charge on any atom is 0.160 e. The van der Waals surface area contributed by atoms with E-state index in [0.717, 1.165) is 17.2 Å². The Hall–Kier alpha value is -2.14. The average molecular weight is 274 g/mol. The predicted molar refractivity (Wildman–Crippen MR) is 74.3 cm³/mol. The minimum absolute atomic E-state index is 0.0101. The van der Waals surface area contributed by atoms with Crippen molar-refractivity contribution in [1.29, 1.82) is 0 Å². The summed E-state index contributed by atoms with van der Waals surface area (Å²) in [4.78, 5) is 3.95. The molecule has 3 aromatic rings. The number of nitrogens with zero attached hydrogens (tertiary/aromatic N) is 4. The smallest absolute Gasteiger partial charge is 0.160 e. The molecule has 3 heterocycles. The molecule has 5 nitrogen and oxygen atoms in total. The van der Waals surface area contributed by atoms with Crippen LogP contribution in [0.4, 0.5) is 5.69 Å². The highest BCUT2D eigenvalue weighted by Crippen LogP contribution is 2.19. The summed E-state index contributed by atoms with van der Waals surface area (Å²) in [6.07, 6.45) is 3.61. The minimum Gasteiger partial charge on any atom is -0.375 e. The molecular weight excluding hydrogens is 262 g/mol. The van der Waals surface area contributed by atoms with Crippen molar-refractivity contribution < 1.29 is 0 Å². The molecule has 1 N–H and O–H groups in total. The van der Waals surface area contributed by atoms with Crippen LogP contribution in [0, 0.1) is 0 Å². The van der Waals surface area contributed by atoms with Gasteiger partial charge in [-0.25, -0.2) is 4.98 Å². The Morgan fingerprint density at radius 1 is 1.26 bits per heavy atom. The van der Waals surface area contributed by atoms with Gasteiger partial charge in [0.25, 0.3) is 0 Å². The molecule has 0 saturated heterocycles. The Labute approximate surface area is 115 Å². The van der Waals surface area contributed by atoms with Gasteiger partial charge in [0, 0.05) is 18.1 Å². The molecule has 0 bridgehead atoms. The standard InChI is InChI=1S/C13H12ClN5/c1-9(16-10-5-6-15-11(14)8-10)13-18-17-12-4-2-3-7-19(12)13/h2-9H,1H3,(H,15,16). The highest BCUT2D eigenvalue weighted by molar-refractivity contribution is 6.29. The summed E-state index contributed by atoms with van der Waals surface area (Å²) in [5, 5.41) is 12.1. The van der Waals surface area contributed by atoms with Gasteiger partial charge in [-0.15, -0.1) is 10.2 Å². The Bertz CT molecular complexity index is 709. The number of aromatic nitrogens is 4. The molecule has 0 radical (unpaired) electrons. The summed E-state index contributed by atoms with van der Waals surface area (Å²) in [5.74, 6) is 0.850. The molecule has 0 aliphatic rings. The first-order valence-corrected chi connectivity index (χ1v) is 6.29. The van der Waals surface area contributed by atoms with Crippen molar-refractivity contribution in [1.82, 2.24) is 19.6 Å². The zero-order valence-electron chi connectivity index (χ0n) is 10.3. The monoisotopic (exact) mass is 273 g/mol. The molecule has 0 aliphatic carbocycles. The Balaban J connectivity index is 1.90. The van der Waals surface area contributed by atoms with E-state index in [2.05, 4.69) is 20.5 Å². The van der Waals surface area contributed by atoms with Gasteiger partial charge in [-0.05, 0) is 31.2 Å². The summed E-state index contributed by atoms with van der Waals surface area (Å²) in [6, 6.07) is 9.47. The third-order valence-electron chi connectivity index (χ3n) is 2.84. The fourth-order valence-corrected chi connectivity index (χ4v) is 2.14. The number of hydrogen-bond acceptors (Lipinski definition) is 4. The number of hydrogen-bond donors (Lipinski definition) is 1. The number of anilines is 1. The number of halogens is 1. The largest absolute Gasteiger partial charge is 0.375 e. The molecule has 0 aliphatic heterocycles. The van der Waals surface area contributed by atoms with Crippen molar-refractivity contribution in [3.05, 3.63) is 53.7 Å². The summed E-state index contributed by atoms with van der Waals surface area (Å²) in [6.45, 7) is 2.03. The fourth-order valence-electron chi connectivity index (χ4n) is 1.96. The topological polar surface area (TPSA) is 55.1 Å². The molecule has 0 fully saturated rings. The molecule has 96 valence electrons. The first-order chi connectivity index (χ1) is 9.24. The van der Waals surface area contributed by atoms with E-state index in [1.807, 2.05) is 41.8 Å². The zero-order valence-corrected chi connectivity index (χ0v) is 11.0. The summed E-state index contributed by atoms with van der Waals surface area (Å²) in [5.41, 5.74) is 1.74. The highest BCUT2D eigenvalue weighted by atomic mass is 35.5. The normalized spacial score (nSPS) is 12.5. The van der Waals surface area contributed by atoms with Gasteiger partial charge in [0.1, 0.15) is 5.15 Å². The van der Waals surface area contributed by atoms with E-state index in [1.54, 1.807) is 12.3 Å². The lowest BCUT2D eigenvalue weighted by atomic mass is 10.3. The molecule has 1 atom stereocenters. The third-order valence-corrected chi connectivity index (χ3v) is 3.04. The number of nitrogens with one attached hydrogen (secondary N) is 1. The molecule has 6 heteroatoms. The van der Waals surface area contributed by atoms with Crippen molar-refractivity contribution in [2.24, 2.45) is 0 Å². The molecule has 3 rings (SSSR count). The molecule has 0 aromatic carbocycles. The molecule has 1 unspecified atom stereocenters. The van der Waals surface area contributed by atoms with Gasteiger partial charge in [0.15, 0.2) is 11.5 Å². The highest BCUT2D eigenvalue weighted by Gasteiger charge is 2.12. The first kappa shape index (κ1) is 11.9. The van der Waals surface area contributed by atoms with Crippen LogP contribution in [-0.2, 0) is 0 Å². The van der Waals surface area contributed by atoms with E-state index in [0.29, 0.717) is 5.15 Å². The van der Waals surface area contributed by atoms with Crippen molar-refractivity contribution in [3.8, 4) is 0 Å². The van der Waals surface area contributed by atoms with Crippen molar-refractivity contribution in [2.45, 2.75) is 13.0 Å². The quantitative estimate of drug-likeness (QED) is 0.746. The van der Waals surface area contributed by atoms with Crippen LogP contribution in [0.5, 0.6) is 0 Å². The maximum absolute atomic E-state index is 5.86. The van der Waals surface area contributed by atoms with E-state index in [1.165, 1.54) is 0 Å². The van der Waals surface area contributed by atoms with Gasteiger partial charge >= 0.3 is 0 Å². The van der Waals surface area contributed by atoms with Gasteiger partial charge in [0.2, 0.25) is 0 Å². The molecule has 0 spiro atoms. The van der Waals surface area contributed by atoms with Gasteiger partial charge < -0.3 is 5.32 Å². The first-order valence-electron chi connectivity index (χ1n) is 5.92. The minimum atomic E-state index is 0.0101. The van der Waals surface area contributed by atoms with Crippen molar-refractivity contribution >= 4 is 22.9 Å². The van der Waals surface area contributed by atoms with Crippen LogP contribution in [0.3, 0.4) is 0 Å². The van der Waals surface area contributed by atoms with Crippen LogP contribution in [0.2, 0.25) is 5.15 Å². The second-order valence-electron chi connectivity index (χ2n) is 4.22. The lowest BCUT2D eigenvalue weighted by Gasteiger charge is -2.13. The van der Waals surface area contributed by atoms with Crippen LogP contribution in [0.25, 0.3) is 5.65 Å².